The summed E-state index contributed by atoms with van der Waals surface area (Å²) in [5.41, 5.74) is 1.05. The minimum atomic E-state index is -3.79. The Morgan fingerprint density at radius 3 is 2.54 bits per heavy atom. The number of hydrogen-bond acceptors (Lipinski definition) is 6. The molecular weight excluding hydrogens is 416 g/mol. The molecule has 1 aromatic heterocycles. The summed E-state index contributed by atoms with van der Waals surface area (Å²) >= 11 is 3.38. The lowest BCUT2D eigenvalue weighted by Gasteiger charge is -2.24. The Balaban J connectivity index is 1.80. The predicted molar refractivity (Wildman–Crippen MR) is 113 cm³/mol. The molecule has 152 valence electrons. The number of carbonyl (C=O) groups excluding carboxylic acids is 1. The average molecular weight is 441 g/mol. The van der Waals surface area contributed by atoms with Crippen LogP contribution in [0.15, 0.2) is 40.4 Å². The van der Waals surface area contributed by atoms with Crippen molar-refractivity contribution in [2.75, 3.05) is 30.9 Å². The van der Waals surface area contributed by atoms with Crippen molar-refractivity contribution in [1.29, 1.82) is 0 Å². The standard InChI is InChI=1S/C18H24N4O3S3/c1-3-21-13-16(17(23)19-12-14-4-6-15(26-2)7-5-14)18(20-21)28(24,25)22-8-10-27-11-9-22/h4-7,13H,3,8-12H2,1-2H3,(H,19,23). The van der Waals surface area contributed by atoms with E-state index in [0.717, 1.165) is 22.0 Å². The highest BCUT2D eigenvalue weighted by Crippen LogP contribution is 2.22. The first-order chi connectivity index (χ1) is 13.5. The molecule has 1 fully saturated rings. The van der Waals surface area contributed by atoms with E-state index in [1.807, 2.05) is 37.4 Å². The zero-order valence-corrected chi connectivity index (χ0v) is 18.4. The highest BCUT2D eigenvalue weighted by molar-refractivity contribution is 7.99. The summed E-state index contributed by atoms with van der Waals surface area (Å²) in [6.07, 6.45) is 3.52. The number of sulfonamides is 1. The van der Waals surface area contributed by atoms with Crippen molar-refractivity contribution in [3.8, 4) is 0 Å². The average Bonchev–Trinajstić information content (AvgIpc) is 3.18. The van der Waals surface area contributed by atoms with E-state index in [1.54, 1.807) is 23.5 Å². The van der Waals surface area contributed by atoms with Gasteiger partial charge in [0, 0.05) is 48.8 Å². The van der Waals surface area contributed by atoms with Gasteiger partial charge in [-0.3, -0.25) is 9.48 Å². The van der Waals surface area contributed by atoms with Gasteiger partial charge >= 0.3 is 0 Å². The van der Waals surface area contributed by atoms with Crippen LogP contribution in [-0.2, 0) is 23.1 Å². The second kappa shape index (κ2) is 9.34. The molecule has 0 atom stereocenters. The third kappa shape index (κ3) is 4.73. The molecule has 1 amide bonds. The summed E-state index contributed by atoms with van der Waals surface area (Å²) in [5, 5.41) is 6.85. The van der Waals surface area contributed by atoms with Crippen molar-refractivity contribution in [3.05, 3.63) is 41.6 Å². The van der Waals surface area contributed by atoms with Gasteiger partial charge < -0.3 is 5.32 Å². The molecule has 0 bridgehead atoms. The summed E-state index contributed by atoms with van der Waals surface area (Å²) in [4.78, 5) is 13.9. The molecule has 1 aromatic carbocycles. The quantitative estimate of drug-likeness (QED) is 0.665. The van der Waals surface area contributed by atoms with Gasteiger partial charge in [-0.2, -0.15) is 21.2 Å². The SMILES string of the molecule is CCn1cc(C(=O)NCc2ccc(SC)cc2)c(S(=O)(=O)N2CCSCC2)n1. The molecule has 0 saturated carbocycles. The molecule has 7 nitrogen and oxygen atoms in total. The lowest BCUT2D eigenvalue weighted by molar-refractivity contribution is 0.0947. The minimum Gasteiger partial charge on any atom is -0.348 e. The molecular formula is C18H24N4O3S3. The fourth-order valence-corrected chi connectivity index (χ4v) is 5.92. The first kappa shape index (κ1) is 21.2. The second-order valence-corrected chi connectivity index (χ2v) is 10.2. The van der Waals surface area contributed by atoms with E-state index in [2.05, 4.69) is 10.4 Å². The second-order valence-electron chi connectivity index (χ2n) is 6.25. The van der Waals surface area contributed by atoms with E-state index in [-0.39, 0.29) is 10.6 Å². The number of aromatic nitrogens is 2. The lowest BCUT2D eigenvalue weighted by atomic mass is 10.2. The van der Waals surface area contributed by atoms with Crippen LogP contribution < -0.4 is 5.32 Å². The number of hydrogen-bond donors (Lipinski definition) is 1. The van der Waals surface area contributed by atoms with Crippen LogP contribution in [0.2, 0.25) is 0 Å². The van der Waals surface area contributed by atoms with Crippen molar-refractivity contribution in [2.24, 2.45) is 0 Å². The summed E-state index contributed by atoms with van der Waals surface area (Å²) < 4.78 is 29.0. The topological polar surface area (TPSA) is 84.3 Å². The highest BCUT2D eigenvalue weighted by atomic mass is 32.2. The Labute approximate surface area is 174 Å². The third-order valence-electron chi connectivity index (χ3n) is 4.46. The number of rotatable bonds is 7. The van der Waals surface area contributed by atoms with Crippen LogP contribution in [0.3, 0.4) is 0 Å². The molecule has 0 radical (unpaired) electrons. The zero-order valence-electron chi connectivity index (χ0n) is 15.9. The van der Waals surface area contributed by atoms with E-state index >= 15 is 0 Å². The van der Waals surface area contributed by atoms with Crippen LogP contribution in [0.5, 0.6) is 0 Å². The molecule has 1 saturated heterocycles. The molecule has 0 aliphatic carbocycles. The van der Waals surface area contributed by atoms with Gasteiger partial charge in [-0.05, 0) is 30.9 Å². The van der Waals surface area contributed by atoms with Gasteiger partial charge in [0.15, 0.2) is 0 Å². The monoisotopic (exact) mass is 440 g/mol. The van der Waals surface area contributed by atoms with Gasteiger partial charge in [-0.15, -0.1) is 11.8 Å². The van der Waals surface area contributed by atoms with Gasteiger partial charge in [0.25, 0.3) is 15.9 Å². The maximum Gasteiger partial charge on any atom is 0.263 e. The molecule has 1 aliphatic heterocycles. The Hall–Kier alpha value is -1.49. The van der Waals surface area contributed by atoms with Gasteiger partial charge in [0.1, 0.15) is 0 Å². The first-order valence-corrected chi connectivity index (χ1v) is 12.8. The number of amides is 1. The lowest BCUT2D eigenvalue weighted by Crippen LogP contribution is -2.39. The van der Waals surface area contributed by atoms with Gasteiger partial charge in [-0.25, -0.2) is 8.42 Å². The molecule has 1 N–H and O–H groups in total. The maximum absolute atomic E-state index is 13.0. The van der Waals surface area contributed by atoms with E-state index in [4.69, 9.17) is 0 Å². The number of nitrogens with zero attached hydrogens (tertiary/aromatic N) is 3. The van der Waals surface area contributed by atoms with Crippen LogP contribution in [-0.4, -0.2) is 59.3 Å². The summed E-state index contributed by atoms with van der Waals surface area (Å²) in [6, 6.07) is 7.88. The molecule has 28 heavy (non-hydrogen) atoms. The molecule has 3 rings (SSSR count). The van der Waals surface area contributed by atoms with E-state index in [1.165, 1.54) is 15.2 Å². The number of nitrogens with one attached hydrogen (secondary N) is 1. The predicted octanol–water partition coefficient (Wildman–Crippen LogP) is 2.29. The van der Waals surface area contributed by atoms with Crippen molar-refractivity contribution in [1.82, 2.24) is 19.4 Å². The van der Waals surface area contributed by atoms with Crippen molar-refractivity contribution in [2.45, 2.75) is 29.9 Å². The Morgan fingerprint density at radius 1 is 1.25 bits per heavy atom. The zero-order chi connectivity index (χ0) is 20.1. The Morgan fingerprint density at radius 2 is 1.93 bits per heavy atom. The molecule has 0 spiro atoms. The van der Waals surface area contributed by atoms with Crippen LogP contribution in [0, 0.1) is 0 Å². The van der Waals surface area contributed by atoms with Crippen molar-refractivity contribution in [3.63, 3.8) is 0 Å². The number of carbonyl (C=O) groups is 1. The van der Waals surface area contributed by atoms with E-state index in [0.29, 0.717) is 26.2 Å². The Bertz CT molecular complexity index is 920. The van der Waals surface area contributed by atoms with Crippen LogP contribution >= 0.6 is 23.5 Å². The largest absolute Gasteiger partial charge is 0.348 e. The highest BCUT2D eigenvalue weighted by Gasteiger charge is 2.33. The number of thioether (sulfide) groups is 2. The molecule has 0 unspecified atom stereocenters. The first-order valence-electron chi connectivity index (χ1n) is 9.02. The molecule has 2 aromatic rings. The van der Waals surface area contributed by atoms with Crippen LogP contribution in [0.25, 0.3) is 0 Å². The van der Waals surface area contributed by atoms with Gasteiger partial charge in [0.05, 0.1) is 5.56 Å². The number of aryl methyl sites for hydroxylation is 1. The number of benzene rings is 1. The van der Waals surface area contributed by atoms with E-state index in [9.17, 15) is 13.2 Å². The molecule has 1 aliphatic rings. The fourth-order valence-electron chi connectivity index (χ4n) is 2.84. The normalized spacial score (nSPS) is 15.5. The van der Waals surface area contributed by atoms with Crippen LogP contribution in [0.1, 0.15) is 22.8 Å². The van der Waals surface area contributed by atoms with Crippen LogP contribution in [0.4, 0.5) is 0 Å². The summed E-state index contributed by atoms with van der Waals surface area (Å²) in [7, 11) is -3.79. The summed E-state index contributed by atoms with van der Waals surface area (Å²) in [5.74, 6) is 1.07. The fraction of sp³-hybridized carbons (Fsp3) is 0.444. The molecule has 2 heterocycles. The van der Waals surface area contributed by atoms with Gasteiger partial charge in [0.2, 0.25) is 5.03 Å². The van der Waals surface area contributed by atoms with Gasteiger partial charge in [-0.1, -0.05) is 12.1 Å². The summed E-state index contributed by atoms with van der Waals surface area (Å²) in [6.45, 7) is 3.55. The minimum absolute atomic E-state index is 0.0980. The van der Waals surface area contributed by atoms with E-state index < -0.39 is 15.9 Å². The Kier molecular flexibility index (Phi) is 7.08. The smallest absolute Gasteiger partial charge is 0.263 e. The molecule has 10 heteroatoms. The van der Waals surface area contributed by atoms with Crippen molar-refractivity contribution >= 4 is 39.5 Å². The van der Waals surface area contributed by atoms with Crippen molar-refractivity contribution < 1.29 is 13.2 Å². The third-order valence-corrected chi connectivity index (χ3v) is 7.98. The maximum atomic E-state index is 13.0.